The zero-order valence-corrected chi connectivity index (χ0v) is 17.8. The molecule has 0 saturated carbocycles. The van der Waals surface area contributed by atoms with Crippen LogP contribution in [-0.2, 0) is 14.9 Å². The third-order valence-corrected chi connectivity index (χ3v) is 5.28. The van der Waals surface area contributed by atoms with Crippen molar-refractivity contribution in [1.82, 2.24) is 0 Å². The summed E-state index contributed by atoms with van der Waals surface area (Å²) in [5.74, 6) is -0.393. The summed E-state index contributed by atoms with van der Waals surface area (Å²) in [4.78, 5) is 28.0. The van der Waals surface area contributed by atoms with E-state index in [9.17, 15) is 9.59 Å². The lowest BCUT2D eigenvalue weighted by Crippen LogP contribution is -2.46. The van der Waals surface area contributed by atoms with Crippen LogP contribution in [0.4, 0.5) is 10.5 Å². The second kappa shape index (κ2) is 7.55. The normalized spacial score (nSPS) is 18.2. The average molecular weight is 410 g/mol. The van der Waals surface area contributed by atoms with Crippen LogP contribution in [0.5, 0.6) is 0 Å². The Morgan fingerprint density at radius 1 is 1.21 bits per heavy atom. The van der Waals surface area contributed by atoms with Crippen LogP contribution < -0.4 is 4.90 Å². The third-order valence-electron chi connectivity index (χ3n) is 4.97. The smallest absolute Gasteiger partial charge is 0.421 e. The number of aryl methyl sites for hydroxylation is 1. The van der Waals surface area contributed by atoms with Crippen molar-refractivity contribution in [1.29, 1.82) is 0 Å². The molecule has 2 aromatic carbocycles. The lowest BCUT2D eigenvalue weighted by atomic mass is 9.71. The molecule has 2 aromatic rings. The van der Waals surface area contributed by atoms with Gasteiger partial charge in [-0.25, -0.2) is 9.69 Å². The minimum Gasteiger partial charge on any atom is -0.443 e. The van der Waals surface area contributed by atoms with Gasteiger partial charge in [0, 0.05) is 0 Å². The fourth-order valence-corrected chi connectivity index (χ4v) is 4.08. The Hall–Kier alpha value is -2.81. The van der Waals surface area contributed by atoms with E-state index in [0.29, 0.717) is 22.7 Å². The van der Waals surface area contributed by atoms with Gasteiger partial charge in [-0.05, 0) is 62.9 Å². The predicted octanol–water partition coefficient (Wildman–Crippen LogP) is 5.95. The van der Waals surface area contributed by atoms with Gasteiger partial charge in [0.2, 0.25) is 0 Å². The van der Waals surface area contributed by atoms with E-state index in [0.717, 1.165) is 16.0 Å². The molecular formula is C24H24ClNO3. The number of hydrogen-bond donors (Lipinski definition) is 0. The summed E-state index contributed by atoms with van der Waals surface area (Å²) in [5.41, 5.74) is 3.68. The molecule has 1 aliphatic rings. The Morgan fingerprint density at radius 2 is 1.86 bits per heavy atom. The van der Waals surface area contributed by atoms with Crippen molar-refractivity contribution >= 4 is 29.3 Å². The molecule has 29 heavy (non-hydrogen) atoms. The molecule has 0 fully saturated rings. The van der Waals surface area contributed by atoms with E-state index in [1.807, 2.05) is 37.3 Å². The number of benzene rings is 2. The molecule has 1 heterocycles. The number of fused-ring (bicyclic) bond motifs is 1. The molecule has 0 aromatic heterocycles. The first kappa shape index (κ1) is 20.9. The Morgan fingerprint density at radius 3 is 2.48 bits per heavy atom. The fraction of sp³-hybridized carbons (Fsp3) is 0.292. The number of imide groups is 1. The number of halogens is 1. The van der Waals surface area contributed by atoms with Crippen molar-refractivity contribution in [3.05, 3.63) is 82.6 Å². The maximum Gasteiger partial charge on any atom is 0.421 e. The topological polar surface area (TPSA) is 46.6 Å². The number of allylic oxidation sites excluding steroid dienone is 1. The first-order valence-corrected chi connectivity index (χ1v) is 9.78. The molecule has 0 unspecified atom stereocenters. The van der Waals surface area contributed by atoms with E-state index in [2.05, 4.69) is 12.3 Å². The van der Waals surface area contributed by atoms with Gasteiger partial charge in [-0.15, -0.1) is 5.73 Å². The van der Waals surface area contributed by atoms with Gasteiger partial charge in [0.1, 0.15) is 11.0 Å². The van der Waals surface area contributed by atoms with Gasteiger partial charge in [0.15, 0.2) is 0 Å². The quantitative estimate of drug-likeness (QED) is 0.588. The van der Waals surface area contributed by atoms with E-state index >= 15 is 0 Å². The molecule has 150 valence electrons. The largest absolute Gasteiger partial charge is 0.443 e. The molecular weight excluding hydrogens is 386 g/mol. The van der Waals surface area contributed by atoms with Crippen molar-refractivity contribution in [3.63, 3.8) is 0 Å². The Bertz CT molecular complexity index is 1030. The van der Waals surface area contributed by atoms with Crippen molar-refractivity contribution in [2.75, 3.05) is 4.90 Å². The van der Waals surface area contributed by atoms with E-state index in [-0.39, 0.29) is 0 Å². The van der Waals surface area contributed by atoms with Gasteiger partial charge in [0.05, 0.1) is 10.7 Å². The van der Waals surface area contributed by atoms with Crippen LogP contribution in [0, 0.1) is 6.92 Å². The van der Waals surface area contributed by atoms with Gasteiger partial charge in [-0.3, -0.25) is 4.79 Å². The number of hydrogen-bond acceptors (Lipinski definition) is 3. The van der Waals surface area contributed by atoms with Crippen LogP contribution in [-0.4, -0.2) is 17.6 Å². The van der Waals surface area contributed by atoms with Gasteiger partial charge in [0.25, 0.3) is 5.91 Å². The molecule has 3 rings (SSSR count). The lowest BCUT2D eigenvalue weighted by Gasteiger charge is -2.30. The number of nitrogens with zero attached hydrogens (tertiary/aromatic N) is 1. The second-order valence-corrected chi connectivity index (χ2v) is 8.50. The van der Waals surface area contributed by atoms with Gasteiger partial charge in [-0.2, -0.15) is 0 Å². The third kappa shape index (κ3) is 3.50. The van der Waals surface area contributed by atoms with Crippen LogP contribution >= 0.6 is 11.6 Å². The van der Waals surface area contributed by atoms with Gasteiger partial charge < -0.3 is 4.74 Å². The molecule has 1 atom stereocenters. The summed E-state index contributed by atoms with van der Waals surface area (Å²) in [6, 6.07) is 13.0. The first-order valence-electron chi connectivity index (χ1n) is 9.40. The van der Waals surface area contributed by atoms with Crippen LogP contribution in [0.25, 0.3) is 0 Å². The number of carbonyl (C=O) groups excluding carboxylic acids is 2. The molecule has 5 heteroatoms. The summed E-state index contributed by atoms with van der Waals surface area (Å²) < 4.78 is 5.54. The van der Waals surface area contributed by atoms with E-state index in [1.54, 1.807) is 39.0 Å². The van der Waals surface area contributed by atoms with Crippen LogP contribution in [0.2, 0.25) is 5.02 Å². The number of ether oxygens (including phenoxy) is 1. The highest BCUT2D eigenvalue weighted by molar-refractivity contribution is 6.37. The summed E-state index contributed by atoms with van der Waals surface area (Å²) in [5, 5.41) is 0.319. The molecule has 0 N–H and O–H groups in total. The van der Waals surface area contributed by atoms with Crippen LogP contribution in [0.1, 0.15) is 43.9 Å². The fourth-order valence-electron chi connectivity index (χ4n) is 3.82. The first-order chi connectivity index (χ1) is 13.6. The monoisotopic (exact) mass is 409 g/mol. The molecule has 1 aliphatic heterocycles. The van der Waals surface area contributed by atoms with Crippen molar-refractivity contribution < 1.29 is 14.3 Å². The van der Waals surface area contributed by atoms with E-state index in [1.165, 1.54) is 0 Å². The highest BCUT2D eigenvalue weighted by Crippen LogP contribution is 2.52. The minimum atomic E-state index is -1.12. The van der Waals surface area contributed by atoms with Crippen molar-refractivity contribution in [2.45, 2.75) is 45.1 Å². The molecule has 2 amide bonds. The maximum absolute atomic E-state index is 13.9. The average Bonchev–Trinajstić information content (AvgIpc) is 2.89. The molecule has 0 bridgehead atoms. The number of rotatable bonds is 3. The number of carbonyl (C=O) groups is 2. The maximum atomic E-state index is 13.9. The highest BCUT2D eigenvalue weighted by Gasteiger charge is 2.55. The standard InChI is InChI=1S/C24H24ClNO3/c1-6-7-15-24(17-12-9-8-11-16(17)2)18-13-10-14-19(25)20(18)26(21(24)27)22(28)29-23(3,4)5/h7-14H,1,15H2,2-5H3/t24-/m1/s1. The van der Waals surface area contributed by atoms with Crippen molar-refractivity contribution in [2.24, 2.45) is 0 Å². The van der Waals surface area contributed by atoms with Crippen molar-refractivity contribution in [3.8, 4) is 0 Å². The van der Waals surface area contributed by atoms with Gasteiger partial charge >= 0.3 is 6.09 Å². The van der Waals surface area contributed by atoms with E-state index in [4.69, 9.17) is 16.3 Å². The number of anilines is 1. The van der Waals surface area contributed by atoms with E-state index < -0.39 is 23.0 Å². The highest BCUT2D eigenvalue weighted by atomic mass is 35.5. The Labute approximate surface area is 176 Å². The molecule has 4 nitrogen and oxygen atoms in total. The number of para-hydroxylation sites is 1. The minimum absolute atomic E-state index is 0.298. The Kier molecular flexibility index (Phi) is 5.44. The summed E-state index contributed by atoms with van der Waals surface area (Å²) in [6.07, 6.45) is 1.27. The molecule has 0 saturated heterocycles. The molecule has 0 spiro atoms. The summed E-state index contributed by atoms with van der Waals surface area (Å²) >= 11 is 6.49. The second-order valence-electron chi connectivity index (χ2n) is 8.09. The SMILES string of the molecule is C=C=CC[C@]1(c2ccccc2C)C(=O)N(C(=O)OC(C)(C)C)c2c(Cl)cccc21. The summed E-state index contributed by atoms with van der Waals surface area (Å²) in [6.45, 7) is 10.9. The number of amides is 2. The van der Waals surface area contributed by atoms with Crippen LogP contribution in [0.3, 0.4) is 0 Å². The molecule has 0 aliphatic carbocycles. The lowest BCUT2D eigenvalue weighted by molar-refractivity contribution is -0.121. The zero-order chi connectivity index (χ0) is 21.4. The molecule has 0 radical (unpaired) electrons. The van der Waals surface area contributed by atoms with Crippen LogP contribution in [0.15, 0.2) is 60.9 Å². The van der Waals surface area contributed by atoms with Gasteiger partial charge in [-0.1, -0.05) is 54.6 Å². The summed E-state index contributed by atoms with van der Waals surface area (Å²) in [7, 11) is 0. The zero-order valence-electron chi connectivity index (χ0n) is 17.1. The predicted molar refractivity (Wildman–Crippen MR) is 115 cm³/mol. The Balaban J connectivity index is 2.32.